The number of unbranched alkanes of at least 4 members (excludes halogenated alkanes) is 9. The molecule has 2 N–H and O–H groups in total. The first-order chi connectivity index (χ1) is 10.5. The largest absolute Gasteiger partial charge is 0.397 e. The van der Waals surface area contributed by atoms with E-state index >= 15 is 0 Å². The fourth-order valence-electron chi connectivity index (χ4n) is 2.09. The second-order valence-electron chi connectivity index (χ2n) is 5.28. The van der Waals surface area contributed by atoms with Gasteiger partial charge >= 0.3 is 10.4 Å². The van der Waals surface area contributed by atoms with Crippen LogP contribution in [0.1, 0.15) is 64.2 Å². The van der Waals surface area contributed by atoms with E-state index in [0.717, 1.165) is 38.6 Å². The van der Waals surface area contributed by atoms with Crippen LogP contribution in [0.25, 0.3) is 0 Å². The van der Waals surface area contributed by atoms with Crippen LogP contribution in [0.3, 0.4) is 0 Å². The fraction of sp³-hybridized carbons (Fsp3) is 0.800. The molecule has 1 amide bonds. The number of amides is 1. The van der Waals surface area contributed by atoms with Crippen molar-refractivity contribution in [1.29, 1.82) is 0 Å². The molecule has 0 aliphatic heterocycles. The van der Waals surface area contributed by atoms with E-state index in [1.807, 2.05) is 0 Å². The zero-order valence-electron chi connectivity index (χ0n) is 13.3. The molecule has 0 aromatic carbocycles. The van der Waals surface area contributed by atoms with Gasteiger partial charge in [-0.25, -0.2) is 4.18 Å². The van der Waals surface area contributed by atoms with Crippen LogP contribution in [0.4, 0.5) is 0 Å². The van der Waals surface area contributed by atoms with Crippen LogP contribution in [0.5, 0.6) is 0 Å². The Labute approximate surface area is 134 Å². The van der Waals surface area contributed by atoms with Crippen molar-refractivity contribution >= 4 is 16.3 Å². The van der Waals surface area contributed by atoms with Crippen LogP contribution in [-0.4, -0.2) is 32.0 Å². The lowest BCUT2D eigenvalue weighted by Crippen LogP contribution is -2.21. The van der Waals surface area contributed by atoms with Gasteiger partial charge in [0.25, 0.3) is 0 Å². The lowest BCUT2D eigenvalue weighted by molar-refractivity contribution is -0.116. The summed E-state index contributed by atoms with van der Waals surface area (Å²) in [5, 5.41) is 2.76. The summed E-state index contributed by atoms with van der Waals surface area (Å²) in [6.45, 7) is 4.17. The zero-order chi connectivity index (χ0) is 16.7. The molecule has 0 aromatic heterocycles. The Kier molecular flexibility index (Phi) is 13.1. The van der Waals surface area contributed by atoms with Crippen LogP contribution in [-0.2, 0) is 19.4 Å². The first-order valence-corrected chi connectivity index (χ1v) is 9.34. The normalized spacial score (nSPS) is 11.3. The topological polar surface area (TPSA) is 92.7 Å². The maximum absolute atomic E-state index is 10.9. The quantitative estimate of drug-likeness (QED) is 0.273. The number of hydrogen-bond acceptors (Lipinski definition) is 4. The van der Waals surface area contributed by atoms with E-state index in [9.17, 15) is 13.2 Å². The van der Waals surface area contributed by atoms with Crippen molar-refractivity contribution in [2.75, 3.05) is 13.2 Å². The Balaban J connectivity index is 3.11. The van der Waals surface area contributed by atoms with Crippen LogP contribution in [0.2, 0.25) is 0 Å². The van der Waals surface area contributed by atoms with Crippen molar-refractivity contribution in [3.63, 3.8) is 0 Å². The highest BCUT2D eigenvalue weighted by atomic mass is 32.3. The first-order valence-electron chi connectivity index (χ1n) is 7.98. The third kappa shape index (κ3) is 17.1. The molecule has 6 nitrogen and oxygen atoms in total. The monoisotopic (exact) mass is 335 g/mol. The maximum Gasteiger partial charge on any atom is 0.397 e. The molecule has 0 heterocycles. The summed E-state index contributed by atoms with van der Waals surface area (Å²) >= 11 is 0. The van der Waals surface area contributed by atoms with Gasteiger partial charge < -0.3 is 5.32 Å². The summed E-state index contributed by atoms with van der Waals surface area (Å²) in [5.74, 6) is -0.109. The molecule has 0 aromatic rings. The van der Waals surface area contributed by atoms with Crippen LogP contribution < -0.4 is 5.32 Å². The molecule has 0 aliphatic carbocycles. The minimum Gasteiger partial charge on any atom is -0.353 e. The Morgan fingerprint density at radius 1 is 0.955 bits per heavy atom. The molecule has 0 bridgehead atoms. The summed E-state index contributed by atoms with van der Waals surface area (Å²) in [5.41, 5.74) is 0. The summed E-state index contributed by atoms with van der Waals surface area (Å²) in [6.07, 6.45) is 12.0. The predicted molar refractivity (Wildman–Crippen MR) is 86.9 cm³/mol. The third-order valence-corrected chi connectivity index (χ3v) is 3.75. The Hall–Kier alpha value is -0.920. The minimum atomic E-state index is -4.27. The second-order valence-corrected chi connectivity index (χ2v) is 6.37. The van der Waals surface area contributed by atoms with Gasteiger partial charge in [-0.3, -0.25) is 9.35 Å². The molecule has 0 aliphatic rings. The molecule has 0 fully saturated rings. The average Bonchev–Trinajstić information content (AvgIpc) is 2.46. The van der Waals surface area contributed by atoms with Crippen molar-refractivity contribution in [1.82, 2.24) is 5.32 Å². The van der Waals surface area contributed by atoms with Crippen LogP contribution >= 0.6 is 0 Å². The lowest BCUT2D eigenvalue weighted by atomic mass is 10.1. The van der Waals surface area contributed by atoms with E-state index in [-0.39, 0.29) is 12.5 Å². The van der Waals surface area contributed by atoms with E-state index in [0.29, 0.717) is 6.42 Å². The molecule has 0 atom stereocenters. The number of hydrogen-bond donors (Lipinski definition) is 2. The van der Waals surface area contributed by atoms with Gasteiger partial charge in [0.05, 0.1) is 6.61 Å². The fourth-order valence-corrected chi connectivity index (χ4v) is 2.42. The van der Waals surface area contributed by atoms with E-state index in [2.05, 4.69) is 16.1 Å². The summed E-state index contributed by atoms with van der Waals surface area (Å²) < 4.78 is 33.2. The van der Waals surface area contributed by atoms with Gasteiger partial charge in [-0.05, 0) is 18.9 Å². The number of carbonyl (C=O) groups is 1. The van der Waals surface area contributed by atoms with Gasteiger partial charge in [0.15, 0.2) is 0 Å². The van der Waals surface area contributed by atoms with Gasteiger partial charge in [0, 0.05) is 6.54 Å². The second kappa shape index (κ2) is 13.7. The van der Waals surface area contributed by atoms with Crippen LogP contribution in [0.15, 0.2) is 12.7 Å². The van der Waals surface area contributed by atoms with Gasteiger partial charge in [-0.2, -0.15) is 8.42 Å². The average molecular weight is 335 g/mol. The van der Waals surface area contributed by atoms with Crippen LogP contribution in [0, 0.1) is 0 Å². The first kappa shape index (κ1) is 21.1. The highest BCUT2D eigenvalue weighted by Crippen LogP contribution is 2.10. The van der Waals surface area contributed by atoms with Crippen molar-refractivity contribution in [3.05, 3.63) is 12.7 Å². The van der Waals surface area contributed by atoms with E-state index in [1.165, 1.54) is 31.8 Å². The molecule has 0 radical (unpaired) electrons. The summed E-state index contributed by atoms with van der Waals surface area (Å²) in [4.78, 5) is 10.9. The number of rotatable bonds is 15. The van der Waals surface area contributed by atoms with Crippen molar-refractivity contribution in [2.24, 2.45) is 0 Å². The zero-order valence-corrected chi connectivity index (χ0v) is 14.1. The smallest absolute Gasteiger partial charge is 0.353 e. The molecule has 130 valence electrons. The SMILES string of the molecule is C=CC(=O)NCCCCCCCCCCCCOS(=O)(=O)O. The highest BCUT2D eigenvalue weighted by molar-refractivity contribution is 7.80. The Morgan fingerprint density at radius 2 is 1.41 bits per heavy atom. The number of nitrogens with one attached hydrogen (secondary N) is 1. The Bertz CT molecular complexity index is 395. The molecule has 7 heteroatoms. The molecule has 0 unspecified atom stereocenters. The standard InChI is InChI=1S/C15H29NO5S/c1-2-15(17)16-13-11-9-7-5-3-4-6-8-10-12-14-21-22(18,19)20/h2H,1,3-14H2,(H,16,17)(H,18,19,20). The van der Waals surface area contributed by atoms with Crippen molar-refractivity contribution in [3.8, 4) is 0 Å². The highest BCUT2D eigenvalue weighted by Gasteiger charge is 2.02. The van der Waals surface area contributed by atoms with Gasteiger partial charge in [-0.1, -0.05) is 57.9 Å². The lowest BCUT2D eigenvalue weighted by Gasteiger charge is -2.04. The van der Waals surface area contributed by atoms with Gasteiger partial charge in [0.2, 0.25) is 5.91 Å². The number of carbonyl (C=O) groups excluding carboxylic acids is 1. The molecule has 0 saturated heterocycles. The van der Waals surface area contributed by atoms with Gasteiger partial charge in [-0.15, -0.1) is 0 Å². The van der Waals surface area contributed by atoms with E-state index in [1.54, 1.807) is 0 Å². The summed E-state index contributed by atoms with van der Waals surface area (Å²) in [6, 6.07) is 0. The molecule has 0 saturated carbocycles. The predicted octanol–water partition coefficient (Wildman–Crippen LogP) is 3.01. The van der Waals surface area contributed by atoms with E-state index < -0.39 is 10.4 Å². The molecule has 0 spiro atoms. The maximum atomic E-state index is 10.9. The molecule has 0 rings (SSSR count). The molecular formula is C15H29NO5S. The summed E-state index contributed by atoms with van der Waals surface area (Å²) in [7, 11) is -4.27. The molecule has 22 heavy (non-hydrogen) atoms. The third-order valence-electron chi connectivity index (χ3n) is 3.29. The van der Waals surface area contributed by atoms with E-state index in [4.69, 9.17) is 4.55 Å². The molecular weight excluding hydrogens is 306 g/mol. The van der Waals surface area contributed by atoms with Crippen molar-refractivity contribution < 1.29 is 21.9 Å². The minimum absolute atomic E-state index is 0.0568. The Morgan fingerprint density at radius 3 is 1.86 bits per heavy atom. The van der Waals surface area contributed by atoms with Gasteiger partial charge in [0.1, 0.15) is 0 Å². The van der Waals surface area contributed by atoms with Crippen molar-refractivity contribution in [2.45, 2.75) is 64.2 Å².